The van der Waals surface area contributed by atoms with Crippen LogP contribution in [0, 0.1) is 0 Å². The molecule has 2 aromatic heterocycles. The van der Waals surface area contributed by atoms with Crippen LogP contribution < -0.4 is 0 Å². The third kappa shape index (κ3) is 4.97. The van der Waals surface area contributed by atoms with Crippen molar-refractivity contribution in [2.24, 2.45) is 9.36 Å². The van der Waals surface area contributed by atoms with E-state index < -0.39 is 15.8 Å². The van der Waals surface area contributed by atoms with Gasteiger partial charge in [0.05, 0.1) is 59.8 Å². The minimum atomic E-state index is -2.30. The molecule has 0 unspecified atom stereocenters. The summed E-state index contributed by atoms with van der Waals surface area (Å²) < 4.78 is 33.2. The average molecular weight is 542 g/mol. The predicted molar refractivity (Wildman–Crippen MR) is 139 cm³/mol. The summed E-state index contributed by atoms with van der Waals surface area (Å²) in [6, 6.07) is 9.48. The monoisotopic (exact) mass is 541 g/mol. The molecule has 0 radical (unpaired) electrons. The van der Waals surface area contributed by atoms with Crippen LogP contribution in [0.1, 0.15) is 5.69 Å². The Morgan fingerprint density at radius 2 is 1.84 bits per heavy atom. The molecule has 0 spiro atoms. The van der Waals surface area contributed by atoms with E-state index in [1.54, 1.807) is 24.8 Å². The van der Waals surface area contributed by atoms with Gasteiger partial charge in [-0.1, -0.05) is 35.9 Å². The van der Waals surface area contributed by atoms with Crippen molar-refractivity contribution in [1.82, 2.24) is 15.0 Å². The van der Waals surface area contributed by atoms with E-state index in [2.05, 4.69) is 19.3 Å². The number of benzene rings is 1. The van der Waals surface area contributed by atoms with E-state index in [-0.39, 0.29) is 24.9 Å². The van der Waals surface area contributed by atoms with Crippen molar-refractivity contribution in [3.8, 4) is 22.5 Å². The highest BCUT2D eigenvalue weighted by molar-refractivity contribution is 7.92. The van der Waals surface area contributed by atoms with Gasteiger partial charge in [-0.2, -0.15) is 4.36 Å². The average Bonchev–Trinajstić information content (AvgIpc) is 3.55. The van der Waals surface area contributed by atoms with Gasteiger partial charge < -0.3 is 19.3 Å². The lowest BCUT2D eigenvalue weighted by atomic mass is 10.1. The molecule has 5 heterocycles. The van der Waals surface area contributed by atoms with Crippen molar-refractivity contribution in [3.05, 3.63) is 53.4 Å². The molecule has 0 saturated carbocycles. The Bertz CT molecular complexity index is 1500. The van der Waals surface area contributed by atoms with Crippen LogP contribution >= 0.6 is 11.6 Å². The topological polar surface area (TPSA) is 128 Å². The Morgan fingerprint density at radius 3 is 2.57 bits per heavy atom. The van der Waals surface area contributed by atoms with Gasteiger partial charge in [0.2, 0.25) is 0 Å². The molecule has 2 fully saturated rings. The molecule has 192 valence electrons. The normalized spacial score (nSPS) is 24.5. The Morgan fingerprint density at radius 1 is 1.08 bits per heavy atom. The maximum Gasteiger partial charge on any atom is 0.195 e. The maximum absolute atomic E-state index is 11.8. The van der Waals surface area contributed by atoms with Gasteiger partial charge in [0, 0.05) is 33.4 Å². The van der Waals surface area contributed by atoms with Crippen LogP contribution in [-0.2, 0) is 30.4 Å². The maximum atomic E-state index is 11.8. The van der Waals surface area contributed by atoms with Crippen LogP contribution in [0.2, 0.25) is 5.02 Å². The third-order valence-corrected chi connectivity index (χ3v) is 7.19. The van der Waals surface area contributed by atoms with Crippen molar-refractivity contribution in [2.75, 3.05) is 25.7 Å². The first kappa shape index (κ1) is 24.4. The lowest BCUT2D eigenvalue weighted by Gasteiger charge is -2.17. The molecule has 0 amide bonds. The van der Waals surface area contributed by atoms with Gasteiger partial charge in [0.15, 0.2) is 17.8 Å². The van der Waals surface area contributed by atoms with E-state index in [9.17, 15) is 9.32 Å². The number of aliphatic hydroxyl groups is 1. The minimum absolute atomic E-state index is 0.246. The fourth-order valence-corrected chi connectivity index (χ4v) is 5.39. The molecular formula is C25H24ClN5O5S. The van der Waals surface area contributed by atoms with Crippen LogP contribution in [0.15, 0.2) is 52.1 Å². The van der Waals surface area contributed by atoms with Gasteiger partial charge in [-0.05, 0) is 6.07 Å². The largest absolute Gasteiger partial charge is 0.472 e. The SMILES string of the molecule is CS(C)(=O)=Nc1cnc(-c2ccc(-c3nc4c(cc3Cl)N=C(O[C@@H]3CO[C@H]5[C@@H]3OC[C@H]5O)C4)cc2)cn1. The Hall–Kier alpha value is -2.96. The number of aromatic nitrogens is 3. The zero-order valence-electron chi connectivity index (χ0n) is 20.1. The molecule has 12 heteroatoms. The second kappa shape index (κ2) is 9.41. The highest BCUT2D eigenvalue weighted by Crippen LogP contribution is 2.36. The number of hydrogen-bond acceptors (Lipinski definition) is 10. The van der Waals surface area contributed by atoms with Crippen molar-refractivity contribution in [3.63, 3.8) is 0 Å². The van der Waals surface area contributed by atoms with Crippen LogP contribution in [0.4, 0.5) is 11.5 Å². The summed E-state index contributed by atoms with van der Waals surface area (Å²) >= 11 is 6.58. The van der Waals surface area contributed by atoms with E-state index in [1.807, 2.05) is 24.3 Å². The summed E-state index contributed by atoms with van der Waals surface area (Å²) in [5.74, 6) is 0.865. The van der Waals surface area contributed by atoms with E-state index in [1.165, 1.54) is 6.20 Å². The van der Waals surface area contributed by atoms with Crippen LogP contribution in [0.5, 0.6) is 0 Å². The first-order valence-corrected chi connectivity index (χ1v) is 14.4. The summed E-state index contributed by atoms with van der Waals surface area (Å²) in [4.78, 5) is 18.0. The summed E-state index contributed by atoms with van der Waals surface area (Å²) in [6.07, 6.45) is 5.03. The lowest BCUT2D eigenvalue weighted by molar-refractivity contribution is 0.00558. The van der Waals surface area contributed by atoms with Gasteiger partial charge >= 0.3 is 0 Å². The second-order valence-corrected chi connectivity index (χ2v) is 12.3. The molecule has 3 aliphatic heterocycles. The number of ether oxygens (including phenoxy) is 3. The standard InChI is InChI=1S/C25H24ClN5O5S/c1-37(2,33)31-21-10-27-18(9-28-21)13-3-5-14(6-4-13)23-15(26)7-16-17(30-23)8-22(29-16)36-20-12-35-24-19(32)11-34-25(20)24/h3-7,9-10,19-20,24-25,32H,8,11-12H2,1-2H3/t19-,20-,24-,25-/m1/s1. The number of hydrogen-bond donors (Lipinski definition) is 1. The molecular weight excluding hydrogens is 518 g/mol. The molecule has 3 aliphatic rings. The molecule has 1 aromatic carbocycles. The number of fused-ring (bicyclic) bond motifs is 2. The van der Waals surface area contributed by atoms with Crippen molar-refractivity contribution in [1.29, 1.82) is 0 Å². The molecule has 4 atom stereocenters. The summed E-state index contributed by atoms with van der Waals surface area (Å²) in [5.41, 5.74) is 4.48. The highest BCUT2D eigenvalue weighted by Gasteiger charge is 2.49. The minimum Gasteiger partial charge on any atom is -0.472 e. The first-order valence-electron chi connectivity index (χ1n) is 11.7. The van der Waals surface area contributed by atoms with Crippen molar-refractivity contribution < 1.29 is 23.5 Å². The lowest BCUT2D eigenvalue weighted by Crippen LogP contribution is -2.34. The van der Waals surface area contributed by atoms with E-state index in [0.29, 0.717) is 46.8 Å². The summed E-state index contributed by atoms with van der Waals surface area (Å²) in [6.45, 7) is 0.586. The second-order valence-electron chi connectivity index (χ2n) is 9.40. The van der Waals surface area contributed by atoms with Gasteiger partial charge in [0.1, 0.15) is 18.3 Å². The van der Waals surface area contributed by atoms with Gasteiger partial charge in [-0.15, -0.1) is 0 Å². The number of nitrogens with zero attached hydrogens (tertiary/aromatic N) is 5. The number of pyridine rings is 1. The molecule has 3 aromatic rings. The number of rotatable bonds is 4. The zero-order valence-corrected chi connectivity index (χ0v) is 21.6. The van der Waals surface area contributed by atoms with Crippen LogP contribution in [0.3, 0.4) is 0 Å². The van der Waals surface area contributed by atoms with E-state index in [4.69, 9.17) is 30.8 Å². The molecule has 37 heavy (non-hydrogen) atoms. The number of halogens is 1. The first-order chi connectivity index (χ1) is 17.7. The molecule has 0 bridgehead atoms. The molecule has 10 nitrogen and oxygen atoms in total. The summed E-state index contributed by atoms with van der Waals surface area (Å²) in [5, 5.41) is 10.4. The molecule has 1 N–H and O–H groups in total. The predicted octanol–water partition coefficient (Wildman–Crippen LogP) is 3.35. The highest BCUT2D eigenvalue weighted by atomic mass is 35.5. The Kier molecular flexibility index (Phi) is 6.20. The van der Waals surface area contributed by atoms with Gasteiger partial charge in [-0.25, -0.2) is 19.2 Å². The fourth-order valence-electron chi connectivity index (χ4n) is 4.59. The number of aliphatic imine (C=N–C) groups is 1. The van der Waals surface area contributed by atoms with Gasteiger partial charge in [0.25, 0.3) is 0 Å². The fraction of sp³-hybridized carbons (Fsp3) is 0.360. The smallest absolute Gasteiger partial charge is 0.195 e. The van der Waals surface area contributed by atoms with E-state index >= 15 is 0 Å². The van der Waals surface area contributed by atoms with Crippen molar-refractivity contribution in [2.45, 2.75) is 30.8 Å². The van der Waals surface area contributed by atoms with Crippen molar-refractivity contribution >= 4 is 38.7 Å². The molecule has 2 saturated heterocycles. The van der Waals surface area contributed by atoms with Gasteiger partial charge in [-0.3, -0.25) is 4.98 Å². The Balaban J connectivity index is 1.17. The van der Waals surface area contributed by atoms with E-state index in [0.717, 1.165) is 16.8 Å². The quantitative estimate of drug-likeness (QED) is 0.532. The number of aliphatic hydroxyl groups excluding tert-OH is 1. The van der Waals surface area contributed by atoms with Crippen LogP contribution in [-0.4, -0.2) is 80.3 Å². The summed E-state index contributed by atoms with van der Waals surface area (Å²) in [7, 11) is -2.30. The Labute approximate surface area is 218 Å². The molecule has 0 aliphatic carbocycles. The zero-order chi connectivity index (χ0) is 25.7. The van der Waals surface area contributed by atoms with Crippen LogP contribution in [0.25, 0.3) is 22.5 Å². The molecule has 6 rings (SSSR count). The third-order valence-electron chi connectivity index (χ3n) is 6.27.